The Labute approximate surface area is 144 Å². The smallest absolute Gasteiger partial charge is 0.213 e. The molecule has 0 amide bonds. The van der Waals surface area contributed by atoms with E-state index in [2.05, 4.69) is 0 Å². The molecule has 0 spiro atoms. The summed E-state index contributed by atoms with van der Waals surface area (Å²) in [6.45, 7) is 3.87. The van der Waals surface area contributed by atoms with Gasteiger partial charge >= 0.3 is 0 Å². The number of hydrogen-bond donors (Lipinski definition) is 0. The first kappa shape index (κ1) is 16.3. The lowest BCUT2D eigenvalue weighted by molar-refractivity contribution is 0.104. The van der Waals surface area contributed by atoms with Crippen molar-refractivity contribution in [3.8, 4) is 17.6 Å². The first-order valence-corrected chi connectivity index (χ1v) is 8.49. The molecule has 1 aliphatic heterocycles. The Morgan fingerprint density at radius 1 is 1.50 bits per heavy atom. The van der Waals surface area contributed by atoms with Gasteiger partial charge < -0.3 is 9.47 Å². The Morgan fingerprint density at radius 2 is 2.29 bits per heavy atom. The van der Waals surface area contributed by atoms with Crippen LogP contribution in [0.5, 0.6) is 11.5 Å². The largest absolute Gasteiger partial charge is 0.496 e. The third kappa shape index (κ3) is 2.93. The van der Waals surface area contributed by atoms with Crippen molar-refractivity contribution in [1.29, 1.82) is 5.26 Å². The van der Waals surface area contributed by atoms with Crippen LogP contribution < -0.4 is 9.47 Å². The van der Waals surface area contributed by atoms with Gasteiger partial charge in [0.05, 0.1) is 12.0 Å². The molecule has 3 rings (SSSR count). The molecule has 0 saturated carbocycles. The second-order valence-corrected chi connectivity index (χ2v) is 6.68. The summed E-state index contributed by atoms with van der Waals surface area (Å²) in [5.74, 6) is 1.16. The lowest BCUT2D eigenvalue weighted by Crippen LogP contribution is -2.05. The van der Waals surface area contributed by atoms with E-state index in [1.165, 1.54) is 11.3 Å². The zero-order valence-electron chi connectivity index (χ0n) is 13.8. The molecule has 1 aliphatic rings. The molecule has 1 atom stereocenters. The summed E-state index contributed by atoms with van der Waals surface area (Å²) < 4.78 is 11.2. The Bertz CT molecular complexity index is 873. The number of rotatable bonds is 4. The third-order valence-corrected chi connectivity index (χ3v) is 5.00. The molecule has 122 valence electrons. The highest BCUT2D eigenvalue weighted by molar-refractivity contribution is 7.12. The fraction of sp³-hybridized carbons (Fsp3) is 0.263. The van der Waals surface area contributed by atoms with E-state index in [0.717, 1.165) is 23.3 Å². The molecule has 0 unspecified atom stereocenters. The normalized spacial score (nSPS) is 16.2. The Hall–Kier alpha value is -2.58. The highest BCUT2D eigenvalue weighted by Crippen LogP contribution is 2.36. The van der Waals surface area contributed by atoms with Crippen molar-refractivity contribution in [2.75, 3.05) is 7.11 Å². The number of fused-ring (bicyclic) bond motifs is 1. The number of hydrogen-bond acceptors (Lipinski definition) is 5. The van der Waals surface area contributed by atoms with Crippen molar-refractivity contribution < 1.29 is 14.3 Å². The number of carbonyl (C=O) groups is 1. The van der Waals surface area contributed by atoms with Crippen LogP contribution in [-0.4, -0.2) is 19.0 Å². The van der Waals surface area contributed by atoms with Crippen molar-refractivity contribution in [3.63, 3.8) is 0 Å². The molecule has 4 nitrogen and oxygen atoms in total. The van der Waals surface area contributed by atoms with Gasteiger partial charge in [-0.2, -0.15) is 5.26 Å². The van der Waals surface area contributed by atoms with Crippen molar-refractivity contribution >= 4 is 23.2 Å². The van der Waals surface area contributed by atoms with Gasteiger partial charge in [0.2, 0.25) is 5.78 Å². The number of thiophene rings is 1. The molecule has 24 heavy (non-hydrogen) atoms. The predicted octanol–water partition coefficient (Wildman–Crippen LogP) is 4.18. The van der Waals surface area contributed by atoms with Gasteiger partial charge in [-0.15, -0.1) is 11.3 Å². The maximum absolute atomic E-state index is 12.6. The SMILES string of the molecule is COc1cc2c(cc1/C=C(/C#N)C(=O)c1sccc1C)O[C@@H](C)C2. The molecule has 0 radical (unpaired) electrons. The van der Waals surface area contributed by atoms with Gasteiger partial charge in [0, 0.05) is 17.5 Å². The highest BCUT2D eigenvalue weighted by atomic mass is 32.1. The number of ketones is 1. The topological polar surface area (TPSA) is 59.3 Å². The number of nitrogens with zero attached hydrogens (tertiary/aromatic N) is 1. The van der Waals surface area contributed by atoms with Crippen LogP contribution in [0.4, 0.5) is 0 Å². The molecule has 0 N–H and O–H groups in total. The average molecular weight is 339 g/mol. The summed E-state index contributed by atoms with van der Waals surface area (Å²) in [7, 11) is 1.58. The molecular weight excluding hydrogens is 322 g/mol. The van der Waals surface area contributed by atoms with Crippen molar-refractivity contribution in [2.24, 2.45) is 0 Å². The van der Waals surface area contributed by atoms with Gasteiger partial charge in [-0.3, -0.25) is 4.79 Å². The molecular formula is C19H17NO3S. The van der Waals surface area contributed by atoms with Gasteiger partial charge in [-0.1, -0.05) is 0 Å². The summed E-state index contributed by atoms with van der Waals surface area (Å²) in [5.41, 5.74) is 2.72. The molecule has 1 aromatic carbocycles. The molecule has 2 aromatic rings. The van der Waals surface area contributed by atoms with Crippen molar-refractivity contribution in [1.82, 2.24) is 0 Å². The number of allylic oxidation sites excluding steroid dienone is 1. The van der Waals surface area contributed by atoms with E-state index < -0.39 is 0 Å². The number of benzene rings is 1. The number of ether oxygens (including phenoxy) is 2. The molecule has 0 fully saturated rings. The molecule has 0 saturated heterocycles. The zero-order valence-corrected chi connectivity index (χ0v) is 14.6. The molecule has 2 heterocycles. The van der Waals surface area contributed by atoms with E-state index in [4.69, 9.17) is 9.47 Å². The molecule has 1 aromatic heterocycles. The summed E-state index contributed by atoms with van der Waals surface area (Å²) in [5, 5.41) is 11.3. The molecule has 0 aliphatic carbocycles. The van der Waals surface area contributed by atoms with E-state index >= 15 is 0 Å². The molecule has 5 heteroatoms. The summed E-state index contributed by atoms with van der Waals surface area (Å²) >= 11 is 1.34. The fourth-order valence-electron chi connectivity index (χ4n) is 2.78. The number of methoxy groups -OCH3 is 1. The third-order valence-electron chi connectivity index (χ3n) is 3.98. The highest BCUT2D eigenvalue weighted by Gasteiger charge is 2.22. The number of Topliss-reactive ketones (excluding diaryl/α,β-unsaturated/α-hetero) is 1. The Kier molecular flexibility index (Phi) is 4.41. The average Bonchev–Trinajstić information content (AvgIpc) is 3.15. The minimum absolute atomic E-state index is 0.0878. The quantitative estimate of drug-likeness (QED) is 0.476. The lowest BCUT2D eigenvalue weighted by atomic mass is 10.0. The summed E-state index contributed by atoms with van der Waals surface area (Å²) in [4.78, 5) is 13.2. The Balaban J connectivity index is 2.03. The van der Waals surface area contributed by atoms with E-state index in [1.807, 2.05) is 43.5 Å². The summed E-state index contributed by atoms with van der Waals surface area (Å²) in [6, 6.07) is 7.64. The van der Waals surface area contributed by atoms with E-state index in [1.54, 1.807) is 13.2 Å². The van der Waals surface area contributed by atoms with Crippen molar-refractivity contribution in [2.45, 2.75) is 26.4 Å². The van der Waals surface area contributed by atoms with Gasteiger partial charge in [0.1, 0.15) is 29.2 Å². The van der Waals surface area contributed by atoms with Crippen LogP contribution in [-0.2, 0) is 6.42 Å². The van der Waals surface area contributed by atoms with Gasteiger partial charge in [0.25, 0.3) is 0 Å². The van der Waals surface area contributed by atoms with Crippen LogP contribution in [0.3, 0.4) is 0 Å². The van der Waals surface area contributed by atoms with Gasteiger partial charge in [-0.25, -0.2) is 0 Å². The second-order valence-electron chi connectivity index (χ2n) is 5.77. The predicted molar refractivity (Wildman–Crippen MR) is 93.8 cm³/mol. The van der Waals surface area contributed by atoms with Gasteiger partial charge in [0.15, 0.2) is 0 Å². The molecule has 0 bridgehead atoms. The first-order chi connectivity index (χ1) is 11.5. The number of carbonyl (C=O) groups excluding carboxylic acids is 1. The number of nitriles is 1. The Morgan fingerprint density at radius 3 is 2.92 bits per heavy atom. The standard InChI is InChI=1S/C19H17NO3S/c1-11-4-5-24-19(11)18(21)15(10-20)7-14-9-17-13(6-12(2)23-17)8-16(14)22-3/h4-5,7-9,12H,6H2,1-3H3/b15-7-/t12-/m0/s1. The van der Waals surface area contributed by atoms with Crippen molar-refractivity contribution in [3.05, 3.63) is 50.7 Å². The van der Waals surface area contributed by atoms with Gasteiger partial charge in [-0.05, 0) is 49.1 Å². The monoisotopic (exact) mass is 339 g/mol. The minimum atomic E-state index is -0.262. The van der Waals surface area contributed by atoms with Crippen LogP contribution in [0, 0.1) is 18.3 Å². The van der Waals surface area contributed by atoms with Crippen LogP contribution >= 0.6 is 11.3 Å². The lowest BCUT2D eigenvalue weighted by Gasteiger charge is -2.09. The van der Waals surface area contributed by atoms with Crippen LogP contribution in [0.2, 0.25) is 0 Å². The van der Waals surface area contributed by atoms with Crippen LogP contribution in [0.15, 0.2) is 29.2 Å². The van der Waals surface area contributed by atoms with E-state index in [0.29, 0.717) is 16.2 Å². The van der Waals surface area contributed by atoms with Crippen LogP contribution in [0.1, 0.15) is 33.3 Å². The van der Waals surface area contributed by atoms with E-state index in [-0.39, 0.29) is 17.5 Å². The maximum Gasteiger partial charge on any atom is 0.213 e. The maximum atomic E-state index is 12.6. The van der Waals surface area contributed by atoms with E-state index in [9.17, 15) is 10.1 Å². The zero-order chi connectivity index (χ0) is 17.3. The number of aryl methyl sites for hydroxylation is 1. The fourth-order valence-corrected chi connectivity index (χ4v) is 3.66. The second kappa shape index (κ2) is 6.50. The minimum Gasteiger partial charge on any atom is -0.496 e. The summed E-state index contributed by atoms with van der Waals surface area (Å²) in [6.07, 6.45) is 2.52. The van der Waals surface area contributed by atoms with Crippen LogP contribution in [0.25, 0.3) is 6.08 Å². The first-order valence-electron chi connectivity index (χ1n) is 7.61.